The Morgan fingerprint density at radius 1 is 1.46 bits per heavy atom. The molecule has 0 radical (unpaired) electrons. The van der Waals surface area contributed by atoms with Crippen LogP contribution in [0.15, 0.2) is 4.52 Å². The smallest absolute Gasteiger partial charge is 0.231 e. The Balaban J connectivity index is 1.87. The monoisotopic (exact) mass is 179 g/mol. The number of piperidine rings is 1. The number of nitrogens with one attached hydrogen (secondary N) is 1. The fourth-order valence-electron chi connectivity index (χ4n) is 2.59. The third-order valence-corrected chi connectivity index (χ3v) is 3.19. The Morgan fingerprint density at radius 3 is 2.92 bits per heavy atom. The Kier molecular flexibility index (Phi) is 1.47. The molecule has 2 fully saturated rings. The van der Waals surface area contributed by atoms with Gasteiger partial charge in [0.25, 0.3) is 0 Å². The van der Waals surface area contributed by atoms with Crippen molar-refractivity contribution >= 4 is 0 Å². The number of hydrogen-bond acceptors (Lipinski definition) is 4. The maximum Gasteiger partial charge on any atom is 0.231 e. The van der Waals surface area contributed by atoms with E-state index in [0.717, 1.165) is 17.6 Å². The normalized spacial score (nSPS) is 37.2. The van der Waals surface area contributed by atoms with Crippen LogP contribution in [0.4, 0.5) is 0 Å². The Hall–Kier alpha value is -0.900. The van der Waals surface area contributed by atoms with Crippen molar-refractivity contribution in [1.29, 1.82) is 0 Å². The summed E-state index contributed by atoms with van der Waals surface area (Å²) in [6, 6.07) is 0.588. The van der Waals surface area contributed by atoms with Gasteiger partial charge in [-0.25, -0.2) is 0 Å². The molecule has 0 aromatic carbocycles. The molecule has 70 valence electrons. The predicted octanol–water partition coefficient (Wildman–Crippen LogP) is 0.843. The molecule has 0 amide bonds. The number of nitrogens with zero attached hydrogens (tertiary/aromatic N) is 2. The molecule has 1 aromatic heterocycles. The maximum absolute atomic E-state index is 5.20. The average Bonchev–Trinajstić information content (AvgIpc) is 2.77. The van der Waals surface area contributed by atoms with Crippen LogP contribution < -0.4 is 5.32 Å². The minimum Gasteiger partial charge on any atom is -0.339 e. The first-order valence-electron chi connectivity index (χ1n) is 4.86. The van der Waals surface area contributed by atoms with E-state index in [1.165, 1.54) is 19.4 Å². The second kappa shape index (κ2) is 2.54. The number of aryl methyl sites for hydroxylation is 1. The highest BCUT2D eigenvalue weighted by Crippen LogP contribution is 2.41. The first-order chi connectivity index (χ1) is 6.33. The largest absolute Gasteiger partial charge is 0.339 e. The molecule has 1 N–H and O–H groups in total. The van der Waals surface area contributed by atoms with Crippen LogP contribution >= 0.6 is 0 Å². The van der Waals surface area contributed by atoms with E-state index >= 15 is 0 Å². The number of aromatic nitrogens is 2. The molecule has 3 rings (SSSR count). The molecule has 1 saturated heterocycles. The Bertz CT molecular complexity index is 322. The molecule has 1 aliphatic heterocycles. The van der Waals surface area contributed by atoms with Crippen LogP contribution in [0.25, 0.3) is 0 Å². The highest BCUT2D eigenvalue weighted by molar-refractivity contribution is 5.08. The zero-order valence-electron chi connectivity index (χ0n) is 7.66. The highest BCUT2D eigenvalue weighted by atomic mass is 16.5. The lowest BCUT2D eigenvalue weighted by Gasteiger charge is -2.18. The van der Waals surface area contributed by atoms with Crippen molar-refractivity contribution in [3.8, 4) is 0 Å². The van der Waals surface area contributed by atoms with Crippen LogP contribution in [0.2, 0.25) is 0 Å². The number of fused-ring (bicyclic) bond motifs is 2. The van der Waals surface area contributed by atoms with Crippen LogP contribution in [-0.2, 0) is 0 Å². The third-order valence-electron chi connectivity index (χ3n) is 3.19. The summed E-state index contributed by atoms with van der Waals surface area (Å²) in [5.74, 6) is 2.89. The van der Waals surface area contributed by atoms with Crippen molar-refractivity contribution in [3.05, 3.63) is 11.7 Å². The summed E-state index contributed by atoms with van der Waals surface area (Å²) >= 11 is 0. The predicted molar refractivity (Wildman–Crippen MR) is 46.3 cm³/mol. The van der Waals surface area contributed by atoms with Crippen LogP contribution in [0.1, 0.15) is 30.5 Å². The zero-order valence-corrected chi connectivity index (χ0v) is 7.66. The van der Waals surface area contributed by atoms with E-state index < -0.39 is 0 Å². The summed E-state index contributed by atoms with van der Waals surface area (Å²) < 4.78 is 5.20. The van der Waals surface area contributed by atoms with Crippen molar-refractivity contribution in [2.24, 2.45) is 5.92 Å². The Morgan fingerprint density at radius 2 is 2.38 bits per heavy atom. The molecule has 13 heavy (non-hydrogen) atoms. The molecule has 1 saturated carbocycles. The van der Waals surface area contributed by atoms with E-state index in [2.05, 4.69) is 15.5 Å². The van der Waals surface area contributed by atoms with E-state index in [-0.39, 0.29) is 0 Å². The molecule has 2 aliphatic rings. The second-order valence-electron chi connectivity index (χ2n) is 4.14. The standard InChI is InChI=1S/C9H13N3O/c1-5-11-9(13-12-5)7-2-6-3-8(7)10-4-6/h6-8,10H,2-4H2,1H3. The average molecular weight is 179 g/mol. The fraction of sp³-hybridized carbons (Fsp3) is 0.778. The van der Waals surface area contributed by atoms with Gasteiger partial charge in [0.1, 0.15) is 0 Å². The van der Waals surface area contributed by atoms with Gasteiger partial charge in [0, 0.05) is 6.04 Å². The van der Waals surface area contributed by atoms with Crippen LogP contribution in [-0.4, -0.2) is 22.7 Å². The van der Waals surface area contributed by atoms with E-state index in [0.29, 0.717) is 12.0 Å². The third kappa shape index (κ3) is 1.09. The molecule has 3 unspecified atom stereocenters. The summed E-state index contributed by atoms with van der Waals surface area (Å²) in [6.45, 7) is 3.04. The number of rotatable bonds is 1. The first kappa shape index (κ1) is 7.50. The van der Waals surface area contributed by atoms with Crippen molar-refractivity contribution in [2.75, 3.05) is 6.54 Å². The molecular weight excluding hydrogens is 166 g/mol. The van der Waals surface area contributed by atoms with E-state index in [4.69, 9.17) is 4.52 Å². The van der Waals surface area contributed by atoms with Gasteiger partial charge in [-0.3, -0.25) is 0 Å². The molecule has 4 nitrogen and oxygen atoms in total. The molecule has 4 heteroatoms. The fourth-order valence-corrected chi connectivity index (χ4v) is 2.59. The van der Waals surface area contributed by atoms with Gasteiger partial charge in [-0.15, -0.1) is 0 Å². The molecule has 1 aromatic rings. The molecule has 2 heterocycles. The van der Waals surface area contributed by atoms with Crippen LogP contribution in [0.5, 0.6) is 0 Å². The highest BCUT2D eigenvalue weighted by Gasteiger charge is 2.42. The van der Waals surface area contributed by atoms with Crippen molar-refractivity contribution in [1.82, 2.24) is 15.5 Å². The van der Waals surface area contributed by atoms with Crippen molar-refractivity contribution < 1.29 is 4.52 Å². The first-order valence-corrected chi connectivity index (χ1v) is 4.86. The lowest BCUT2D eigenvalue weighted by atomic mass is 10.00. The van der Waals surface area contributed by atoms with Gasteiger partial charge in [0.2, 0.25) is 5.89 Å². The Labute approximate surface area is 76.7 Å². The summed E-state index contributed by atoms with van der Waals surface area (Å²) in [7, 11) is 0. The minimum absolute atomic E-state index is 0.472. The van der Waals surface area contributed by atoms with Gasteiger partial charge in [0.15, 0.2) is 5.82 Å². The van der Waals surface area contributed by atoms with E-state index in [1.807, 2.05) is 6.92 Å². The van der Waals surface area contributed by atoms with E-state index in [1.54, 1.807) is 0 Å². The van der Waals surface area contributed by atoms with Crippen molar-refractivity contribution in [2.45, 2.75) is 31.7 Å². The van der Waals surface area contributed by atoms with Gasteiger partial charge in [-0.05, 0) is 32.2 Å². The van der Waals surface area contributed by atoms with Gasteiger partial charge in [0.05, 0.1) is 5.92 Å². The lowest BCUT2D eigenvalue weighted by molar-refractivity contribution is 0.315. The van der Waals surface area contributed by atoms with Crippen molar-refractivity contribution in [3.63, 3.8) is 0 Å². The SMILES string of the molecule is Cc1noc(C2CC3CNC2C3)n1. The zero-order chi connectivity index (χ0) is 8.84. The van der Waals surface area contributed by atoms with Gasteiger partial charge in [-0.2, -0.15) is 4.98 Å². The summed E-state index contributed by atoms with van der Waals surface area (Å²) in [5, 5.41) is 7.32. The van der Waals surface area contributed by atoms with Crippen LogP contribution in [0, 0.1) is 12.8 Å². The molecule has 2 bridgehead atoms. The van der Waals surface area contributed by atoms with Gasteiger partial charge < -0.3 is 9.84 Å². The molecule has 3 atom stereocenters. The second-order valence-corrected chi connectivity index (χ2v) is 4.14. The molecule has 1 aliphatic carbocycles. The maximum atomic E-state index is 5.20. The molecule has 0 spiro atoms. The van der Waals surface area contributed by atoms with Gasteiger partial charge in [-0.1, -0.05) is 5.16 Å². The van der Waals surface area contributed by atoms with Gasteiger partial charge >= 0.3 is 0 Å². The minimum atomic E-state index is 0.472. The lowest BCUT2D eigenvalue weighted by Crippen LogP contribution is -2.31. The summed E-state index contributed by atoms with van der Waals surface area (Å²) in [4.78, 5) is 4.29. The summed E-state index contributed by atoms with van der Waals surface area (Å²) in [6.07, 6.45) is 2.51. The topological polar surface area (TPSA) is 51.0 Å². The summed E-state index contributed by atoms with van der Waals surface area (Å²) in [5.41, 5.74) is 0. The quantitative estimate of drug-likeness (QED) is 0.694. The number of hydrogen-bond donors (Lipinski definition) is 1. The van der Waals surface area contributed by atoms with E-state index in [9.17, 15) is 0 Å². The molecular formula is C9H13N3O. The van der Waals surface area contributed by atoms with Crippen LogP contribution in [0.3, 0.4) is 0 Å².